The molecule has 0 bridgehead atoms. The summed E-state index contributed by atoms with van der Waals surface area (Å²) in [6, 6.07) is 12.0. The van der Waals surface area contributed by atoms with Crippen LogP contribution in [0.4, 0.5) is 5.82 Å². The molecule has 4 aromatic rings. The first-order chi connectivity index (χ1) is 15.4. The van der Waals surface area contributed by atoms with Gasteiger partial charge in [0.2, 0.25) is 0 Å². The number of anilines is 1. The summed E-state index contributed by atoms with van der Waals surface area (Å²) in [6.45, 7) is 2.54. The highest BCUT2D eigenvalue weighted by Crippen LogP contribution is 2.32. The zero-order chi connectivity index (χ0) is 22.8. The molecule has 8 nitrogen and oxygen atoms in total. The molecular formula is C23H17N4O4S-. The monoisotopic (exact) mass is 445 g/mol. The molecule has 0 aliphatic heterocycles. The number of fused-ring (bicyclic) bond motifs is 3. The van der Waals surface area contributed by atoms with Crippen molar-refractivity contribution in [2.24, 2.45) is 5.73 Å². The number of carbonyl (C=O) groups is 1. The number of H-pyrrole nitrogens is 1. The van der Waals surface area contributed by atoms with E-state index in [4.69, 9.17) is 5.73 Å². The molecule has 32 heavy (non-hydrogen) atoms. The van der Waals surface area contributed by atoms with E-state index >= 15 is 0 Å². The third-order valence-electron chi connectivity index (χ3n) is 4.88. The van der Waals surface area contributed by atoms with Crippen molar-refractivity contribution in [3.63, 3.8) is 0 Å². The van der Waals surface area contributed by atoms with E-state index < -0.39 is 17.0 Å². The van der Waals surface area contributed by atoms with Crippen LogP contribution in [0.5, 0.6) is 0 Å². The van der Waals surface area contributed by atoms with Gasteiger partial charge in [0.25, 0.3) is 11.5 Å². The van der Waals surface area contributed by atoms with Crippen LogP contribution < -0.4 is 16.6 Å². The molecule has 1 atom stereocenters. The number of aromatic amines is 1. The molecule has 9 heteroatoms. The molecule has 1 amide bonds. The SMILES string of the molecule is CCNc1nc2c(C#CC(N)=O)c[nH]c(=O)c2c2cc(-c3ccc(S(=O)[O-])cc3)ccc12. The Morgan fingerprint density at radius 3 is 2.56 bits per heavy atom. The number of benzene rings is 2. The van der Waals surface area contributed by atoms with Crippen molar-refractivity contribution in [1.29, 1.82) is 0 Å². The molecule has 0 spiro atoms. The van der Waals surface area contributed by atoms with Crippen LogP contribution in [0.1, 0.15) is 12.5 Å². The lowest BCUT2D eigenvalue weighted by molar-refractivity contribution is -0.112. The van der Waals surface area contributed by atoms with Gasteiger partial charge in [-0.15, -0.1) is 0 Å². The second kappa shape index (κ2) is 8.63. The average molecular weight is 445 g/mol. The van der Waals surface area contributed by atoms with Gasteiger partial charge >= 0.3 is 0 Å². The van der Waals surface area contributed by atoms with Gasteiger partial charge in [0.15, 0.2) is 0 Å². The average Bonchev–Trinajstić information content (AvgIpc) is 2.78. The predicted molar refractivity (Wildman–Crippen MR) is 123 cm³/mol. The number of rotatable bonds is 4. The maximum absolute atomic E-state index is 12.8. The molecule has 160 valence electrons. The van der Waals surface area contributed by atoms with E-state index in [1.54, 1.807) is 12.1 Å². The lowest BCUT2D eigenvalue weighted by Crippen LogP contribution is -2.11. The number of pyridine rings is 2. The van der Waals surface area contributed by atoms with E-state index in [1.165, 1.54) is 18.3 Å². The summed E-state index contributed by atoms with van der Waals surface area (Å²) in [7, 11) is 0. The van der Waals surface area contributed by atoms with Crippen molar-refractivity contribution in [3.05, 3.63) is 64.6 Å². The third-order valence-corrected chi connectivity index (χ3v) is 5.54. The summed E-state index contributed by atoms with van der Waals surface area (Å²) in [5, 5.41) is 4.92. The van der Waals surface area contributed by atoms with Gasteiger partial charge in [0, 0.05) is 34.3 Å². The minimum atomic E-state index is -2.31. The quantitative estimate of drug-likeness (QED) is 0.250. The van der Waals surface area contributed by atoms with Crippen molar-refractivity contribution in [2.75, 3.05) is 11.9 Å². The topological polar surface area (TPSA) is 141 Å². The Morgan fingerprint density at radius 2 is 1.91 bits per heavy atom. The molecule has 2 aromatic heterocycles. The van der Waals surface area contributed by atoms with Crippen LogP contribution in [0.2, 0.25) is 0 Å². The number of nitrogens with zero attached hydrogens (tertiary/aromatic N) is 1. The van der Waals surface area contributed by atoms with Crippen LogP contribution in [-0.2, 0) is 15.9 Å². The summed E-state index contributed by atoms with van der Waals surface area (Å²) < 4.78 is 22.3. The Hall–Kier alpha value is -4.00. The lowest BCUT2D eigenvalue weighted by atomic mass is 9.99. The van der Waals surface area contributed by atoms with Crippen LogP contribution in [0.25, 0.3) is 32.8 Å². The highest BCUT2D eigenvalue weighted by Gasteiger charge is 2.15. The summed E-state index contributed by atoms with van der Waals surface area (Å²) >= 11 is -2.31. The fraction of sp³-hybridized carbons (Fsp3) is 0.0870. The van der Waals surface area contributed by atoms with E-state index in [-0.39, 0.29) is 10.5 Å². The Labute approximate surface area is 185 Å². The molecule has 0 fully saturated rings. The van der Waals surface area contributed by atoms with Gasteiger partial charge in [-0.1, -0.05) is 30.2 Å². The Morgan fingerprint density at radius 1 is 1.19 bits per heavy atom. The molecule has 2 heterocycles. The van der Waals surface area contributed by atoms with E-state index in [0.717, 1.165) is 16.5 Å². The van der Waals surface area contributed by atoms with Crippen LogP contribution in [0, 0.1) is 11.8 Å². The molecule has 2 aromatic carbocycles. The van der Waals surface area contributed by atoms with Crippen molar-refractivity contribution in [3.8, 4) is 23.0 Å². The molecule has 0 saturated carbocycles. The molecule has 0 saturated heterocycles. The Bertz CT molecular complexity index is 1520. The van der Waals surface area contributed by atoms with E-state index in [0.29, 0.717) is 34.2 Å². The van der Waals surface area contributed by atoms with Crippen LogP contribution in [0.15, 0.2) is 58.4 Å². The smallest absolute Gasteiger partial charge is 0.293 e. The molecule has 0 aliphatic carbocycles. The fourth-order valence-corrected chi connectivity index (χ4v) is 3.84. The third kappa shape index (κ3) is 3.97. The summed E-state index contributed by atoms with van der Waals surface area (Å²) in [4.78, 5) is 31.4. The van der Waals surface area contributed by atoms with Gasteiger partial charge in [0.05, 0.1) is 16.5 Å². The number of hydrogen-bond acceptors (Lipinski definition) is 6. The van der Waals surface area contributed by atoms with Crippen LogP contribution in [0.3, 0.4) is 0 Å². The van der Waals surface area contributed by atoms with Crippen molar-refractivity contribution in [1.82, 2.24) is 9.97 Å². The number of nitrogens with two attached hydrogens (primary N) is 1. The predicted octanol–water partition coefficient (Wildman–Crippen LogP) is 2.25. The number of aromatic nitrogens is 2. The zero-order valence-corrected chi connectivity index (χ0v) is 17.7. The zero-order valence-electron chi connectivity index (χ0n) is 16.9. The second-order valence-corrected chi connectivity index (χ2v) is 7.82. The fourth-order valence-electron chi connectivity index (χ4n) is 3.48. The van der Waals surface area contributed by atoms with Crippen molar-refractivity contribution in [2.45, 2.75) is 11.8 Å². The highest BCUT2D eigenvalue weighted by molar-refractivity contribution is 7.79. The highest BCUT2D eigenvalue weighted by atomic mass is 32.2. The van der Waals surface area contributed by atoms with Gasteiger partial charge < -0.3 is 20.6 Å². The van der Waals surface area contributed by atoms with E-state index in [9.17, 15) is 18.4 Å². The molecule has 1 unspecified atom stereocenters. The van der Waals surface area contributed by atoms with Crippen molar-refractivity contribution >= 4 is 44.5 Å². The van der Waals surface area contributed by atoms with E-state index in [1.807, 2.05) is 25.1 Å². The second-order valence-electron chi connectivity index (χ2n) is 6.88. The first kappa shape index (κ1) is 21.2. The summed E-state index contributed by atoms with van der Waals surface area (Å²) in [5.74, 6) is 4.73. The number of nitrogens with one attached hydrogen (secondary N) is 2. The number of carbonyl (C=O) groups excluding carboxylic acids is 1. The van der Waals surface area contributed by atoms with Gasteiger partial charge in [-0.2, -0.15) is 0 Å². The maximum atomic E-state index is 12.8. The first-order valence-corrected chi connectivity index (χ1v) is 10.7. The first-order valence-electron chi connectivity index (χ1n) is 9.63. The maximum Gasteiger partial charge on any atom is 0.293 e. The molecule has 4 N–H and O–H groups in total. The van der Waals surface area contributed by atoms with Crippen molar-refractivity contribution < 1.29 is 13.6 Å². The minimum absolute atomic E-state index is 0.188. The lowest BCUT2D eigenvalue weighted by Gasteiger charge is -2.13. The summed E-state index contributed by atoms with van der Waals surface area (Å²) in [5.41, 5.74) is 7.09. The Kier molecular flexibility index (Phi) is 5.73. The van der Waals surface area contributed by atoms with Gasteiger partial charge in [0.1, 0.15) is 5.82 Å². The molecular weight excluding hydrogens is 428 g/mol. The minimum Gasteiger partial charge on any atom is -0.768 e. The normalized spacial score (nSPS) is 11.7. The van der Waals surface area contributed by atoms with E-state index in [2.05, 4.69) is 27.1 Å². The van der Waals surface area contributed by atoms with Gasteiger partial charge in [-0.25, -0.2) is 4.98 Å². The standard InChI is InChI=1S/C23H18N4O4S/c1-2-25-22-17-9-5-14(13-3-7-16(8-4-13)32(30)31)11-18(17)20-21(27-22)15(6-10-19(24)28)12-26-23(20)29/h3-5,7-9,11-12H,2H2,1H3,(H2,24,28)(H,25,27)(H,26,29)(H,30,31)/p-1. The molecule has 4 rings (SSSR count). The number of hydrogen-bond donors (Lipinski definition) is 3. The van der Waals surface area contributed by atoms with Gasteiger partial charge in [-0.05, 0) is 47.3 Å². The van der Waals surface area contributed by atoms with Crippen LogP contribution >= 0.6 is 0 Å². The number of primary amides is 1. The molecule has 0 radical (unpaired) electrons. The summed E-state index contributed by atoms with van der Waals surface area (Å²) in [6.07, 6.45) is 1.40. The Balaban J connectivity index is 2.03. The van der Waals surface area contributed by atoms with Gasteiger partial charge in [-0.3, -0.25) is 13.8 Å². The van der Waals surface area contributed by atoms with Crippen LogP contribution in [-0.4, -0.2) is 31.2 Å². The largest absolute Gasteiger partial charge is 0.768 e. The molecule has 0 aliphatic rings. The number of amides is 1.